The molecule has 0 aliphatic carbocycles. The Labute approximate surface area is 147 Å². The highest BCUT2D eigenvalue weighted by Gasteiger charge is 1.89. The number of hydrogen-bond acceptors (Lipinski definition) is 2. The number of aliphatic hydroxyl groups is 1. The Hall–Kier alpha value is -2.42. The van der Waals surface area contributed by atoms with Crippen molar-refractivity contribution in [2.24, 2.45) is 0 Å². The number of rotatable bonds is 5. The molecule has 2 aromatic rings. The van der Waals surface area contributed by atoms with Crippen LogP contribution in [0, 0.1) is 0 Å². The second kappa shape index (κ2) is 14.2. The van der Waals surface area contributed by atoms with Gasteiger partial charge >= 0.3 is 0 Å². The van der Waals surface area contributed by atoms with Gasteiger partial charge in [-0.3, -0.25) is 0 Å². The lowest BCUT2D eigenvalue weighted by Gasteiger charge is -2.03. The van der Waals surface area contributed by atoms with Crippen LogP contribution in [0.4, 0.5) is 0 Å². The molecule has 0 saturated carbocycles. The van der Waals surface area contributed by atoms with Gasteiger partial charge in [-0.2, -0.15) is 0 Å². The van der Waals surface area contributed by atoms with E-state index in [0.717, 1.165) is 17.7 Å². The normalized spacial score (nSPS) is 9.00. The van der Waals surface area contributed by atoms with E-state index in [1.165, 1.54) is 5.56 Å². The largest absolute Gasteiger partial charge is 0.395 e. The fraction of sp³-hybridized carbons (Fsp3) is 0.182. The number of likely N-dealkylation sites (N-methyl/N-ethyl adjacent to an activating group) is 1. The molecule has 2 aromatic carbocycles. The van der Waals surface area contributed by atoms with E-state index < -0.39 is 0 Å². The average molecular weight is 323 g/mol. The molecule has 2 rings (SSSR count). The summed E-state index contributed by atoms with van der Waals surface area (Å²) in [6.45, 7) is 12.0. The first-order chi connectivity index (χ1) is 11.6. The summed E-state index contributed by atoms with van der Waals surface area (Å²) in [7, 11) is 3.85. The van der Waals surface area contributed by atoms with Crippen molar-refractivity contribution in [1.82, 2.24) is 4.90 Å². The molecule has 0 heterocycles. The van der Waals surface area contributed by atoms with Crippen molar-refractivity contribution in [1.29, 1.82) is 0 Å². The second-order valence-electron chi connectivity index (χ2n) is 5.18. The van der Waals surface area contributed by atoms with Crippen LogP contribution in [0.15, 0.2) is 74.3 Å². The fourth-order valence-corrected chi connectivity index (χ4v) is 1.67. The summed E-state index contributed by atoms with van der Waals surface area (Å²) in [5.74, 6) is 0. The summed E-state index contributed by atoms with van der Waals surface area (Å²) in [6.07, 6.45) is 5.49. The first kappa shape index (κ1) is 21.6. The van der Waals surface area contributed by atoms with Crippen LogP contribution in [0.1, 0.15) is 16.7 Å². The van der Waals surface area contributed by atoms with Crippen LogP contribution < -0.4 is 0 Å². The zero-order valence-electron chi connectivity index (χ0n) is 14.9. The number of aliphatic hydroxyl groups excluding tert-OH is 1. The minimum absolute atomic E-state index is 0.257. The smallest absolute Gasteiger partial charge is 0.0558 e. The van der Waals surface area contributed by atoms with Crippen molar-refractivity contribution in [3.63, 3.8) is 0 Å². The molecule has 0 radical (unpaired) electrons. The van der Waals surface area contributed by atoms with Gasteiger partial charge in [0, 0.05) is 6.54 Å². The van der Waals surface area contributed by atoms with Gasteiger partial charge in [-0.25, -0.2) is 0 Å². The molecule has 0 amide bonds. The molecule has 1 N–H and O–H groups in total. The highest BCUT2D eigenvalue weighted by atomic mass is 16.3. The third-order valence-corrected chi connectivity index (χ3v) is 3.02. The van der Waals surface area contributed by atoms with Gasteiger partial charge in [-0.1, -0.05) is 92.6 Å². The van der Waals surface area contributed by atoms with E-state index >= 15 is 0 Å². The lowest BCUT2D eigenvalue weighted by Crippen LogP contribution is -2.15. The monoisotopic (exact) mass is 323 g/mol. The predicted octanol–water partition coefficient (Wildman–Crippen LogP) is 4.84. The summed E-state index contributed by atoms with van der Waals surface area (Å²) >= 11 is 0. The molecule has 0 saturated heterocycles. The minimum Gasteiger partial charge on any atom is -0.395 e. The SMILES string of the molecule is C=Cc1ccccc1.C=Cc1ccccc1C=C.CN(C)CCO. The quantitative estimate of drug-likeness (QED) is 0.851. The Bertz CT molecular complexity index is 561. The van der Waals surface area contributed by atoms with Gasteiger partial charge in [0.1, 0.15) is 0 Å². The van der Waals surface area contributed by atoms with Crippen molar-refractivity contribution in [2.45, 2.75) is 0 Å². The lowest BCUT2D eigenvalue weighted by molar-refractivity contribution is 0.243. The molecule has 24 heavy (non-hydrogen) atoms. The fourth-order valence-electron chi connectivity index (χ4n) is 1.67. The first-order valence-electron chi connectivity index (χ1n) is 7.86. The van der Waals surface area contributed by atoms with Gasteiger partial charge in [0.05, 0.1) is 6.61 Å². The summed E-state index contributed by atoms with van der Waals surface area (Å²) in [4.78, 5) is 1.93. The minimum atomic E-state index is 0.257. The molecule has 0 bridgehead atoms. The van der Waals surface area contributed by atoms with E-state index in [4.69, 9.17) is 5.11 Å². The zero-order chi connectivity index (χ0) is 18.2. The van der Waals surface area contributed by atoms with E-state index in [2.05, 4.69) is 19.7 Å². The second-order valence-corrected chi connectivity index (χ2v) is 5.18. The number of nitrogens with zero attached hydrogens (tertiary/aromatic N) is 1. The standard InChI is InChI=1S/C10H10.C8H8.C4H11NO/c1-3-9-7-5-6-8-10(9)4-2;1-2-8-6-4-3-5-7-8;1-5(2)3-4-6/h3-8H,1-2H2;2-7H,1H2;6H,3-4H2,1-2H3. The summed E-state index contributed by atoms with van der Waals surface area (Å²) < 4.78 is 0. The molecule has 0 spiro atoms. The maximum Gasteiger partial charge on any atom is 0.0558 e. The molecule has 2 heteroatoms. The van der Waals surface area contributed by atoms with Crippen LogP contribution in [0.5, 0.6) is 0 Å². The predicted molar refractivity (Wildman–Crippen MR) is 109 cm³/mol. The molecule has 0 aliphatic rings. The maximum absolute atomic E-state index is 8.20. The lowest BCUT2D eigenvalue weighted by atomic mass is 10.1. The molecular formula is C22H29NO. The molecule has 0 atom stereocenters. The molecule has 0 fully saturated rings. The van der Waals surface area contributed by atoms with E-state index in [1.54, 1.807) is 0 Å². The van der Waals surface area contributed by atoms with Gasteiger partial charge in [0.2, 0.25) is 0 Å². The highest BCUT2D eigenvalue weighted by molar-refractivity contribution is 5.63. The van der Waals surface area contributed by atoms with Gasteiger partial charge in [0.15, 0.2) is 0 Å². The van der Waals surface area contributed by atoms with Crippen molar-refractivity contribution < 1.29 is 5.11 Å². The van der Waals surface area contributed by atoms with E-state index in [1.807, 2.05) is 91.8 Å². The molecular weight excluding hydrogens is 294 g/mol. The van der Waals surface area contributed by atoms with Crippen LogP contribution in [0.25, 0.3) is 18.2 Å². The van der Waals surface area contributed by atoms with Crippen LogP contribution in [-0.2, 0) is 0 Å². The molecule has 128 valence electrons. The summed E-state index contributed by atoms with van der Waals surface area (Å²) in [5.41, 5.74) is 3.45. The van der Waals surface area contributed by atoms with Crippen molar-refractivity contribution in [3.05, 3.63) is 91.0 Å². The highest BCUT2D eigenvalue weighted by Crippen LogP contribution is 2.10. The number of benzene rings is 2. The summed E-state index contributed by atoms with van der Waals surface area (Å²) in [5, 5.41) is 8.20. The Balaban J connectivity index is 0.000000343. The summed E-state index contributed by atoms with van der Waals surface area (Å²) in [6, 6.07) is 18.0. The Morgan fingerprint density at radius 1 is 0.792 bits per heavy atom. The van der Waals surface area contributed by atoms with Crippen LogP contribution in [0.3, 0.4) is 0 Å². The third-order valence-electron chi connectivity index (χ3n) is 3.02. The van der Waals surface area contributed by atoms with Gasteiger partial charge in [0.25, 0.3) is 0 Å². The van der Waals surface area contributed by atoms with Crippen molar-refractivity contribution in [2.75, 3.05) is 27.2 Å². The molecule has 0 unspecified atom stereocenters. The Kier molecular flexibility index (Phi) is 12.8. The van der Waals surface area contributed by atoms with Crippen molar-refractivity contribution >= 4 is 18.2 Å². The van der Waals surface area contributed by atoms with Crippen molar-refractivity contribution in [3.8, 4) is 0 Å². The number of hydrogen-bond donors (Lipinski definition) is 1. The Morgan fingerprint density at radius 3 is 1.50 bits per heavy atom. The van der Waals surface area contributed by atoms with Gasteiger partial charge in [-0.15, -0.1) is 0 Å². The third kappa shape index (κ3) is 10.3. The first-order valence-corrected chi connectivity index (χ1v) is 7.86. The van der Waals surface area contributed by atoms with Crippen LogP contribution >= 0.6 is 0 Å². The van der Waals surface area contributed by atoms with Crippen LogP contribution in [-0.4, -0.2) is 37.3 Å². The Morgan fingerprint density at radius 2 is 1.25 bits per heavy atom. The van der Waals surface area contributed by atoms with E-state index in [0.29, 0.717) is 0 Å². The average Bonchev–Trinajstić information content (AvgIpc) is 2.63. The molecule has 2 nitrogen and oxygen atoms in total. The van der Waals surface area contributed by atoms with Gasteiger partial charge in [-0.05, 0) is 30.8 Å². The maximum atomic E-state index is 8.20. The zero-order valence-corrected chi connectivity index (χ0v) is 14.9. The van der Waals surface area contributed by atoms with Crippen LogP contribution in [0.2, 0.25) is 0 Å². The topological polar surface area (TPSA) is 23.5 Å². The molecule has 0 aromatic heterocycles. The molecule has 0 aliphatic heterocycles. The van der Waals surface area contributed by atoms with E-state index in [9.17, 15) is 0 Å². The van der Waals surface area contributed by atoms with E-state index in [-0.39, 0.29) is 6.61 Å². The van der Waals surface area contributed by atoms with Gasteiger partial charge < -0.3 is 10.0 Å².